The average Bonchev–Trinajstić information content (AvgIpc) is 2.97. The van der Waals surface area contributed by atoms with Crippen LogP contribution in [0.2, 0.25) is 5.02 Å². The molecule has 1 aliphatic rings. The average molecular weight is 333 g/mol. The summed E-state index contributed by atoms with van der Waals surface area (Å²) >= 11 is 5.93. The molecule has 1 fully saturated rings. The molecule has 0 amide bonds. The molecule has 118 valence electrons. The van der Waals surface area contributed by atoms with Gasteiger partial charge in [0.1, 0.15) is 0 Å². The Morgan fingerprint density at radius 2 is 2.05 bits per heavy atom. The van der Waals surface area contributed by atoms with Crippen LogP contribution in [0.25, 0.3) is 0 Å². The molecule has 0 saturated heterocycles. The first-order valence-electron chi connectivity index (χ1n) is 7.12. The van der Waals surface area contributed by atoms with Crippen LogP contribution in [0.3, 0.4) is 0 Å². The van der Waals surface area contributed by atoms with Crippen LogP contribution in [-0.4, -0.2) is 27.7 Å². The van der Waals surface area contributed by atoms with Crippen molar-refractivity contribution in [2.24, 2.45) is 5.73 Å². The summed E-state index contributed by atoms with van der Waals surface area (Å²) in [6, 6.07) is 4.53. The van der Waals surface area contributed by atoms with E-state index in [1.54, 1.807) is 6.07 Å². The molecule has 3 N–H and O–H groups in total. The summed E-state index contributed by atoms with van der Waals surface area (Å²) in [5.74, 6) is 0. The van der Waals surface area contributed by atoms with E-state index in [-0.39, 0.29) is 24.1 Å². The van der Waals surface area contributed by atoms with E-state index in [0.29, 0.717) is 17.2 Å². The highest BCUT2D eigenvalue weighted by Gasteiger charge is 2.17. The maximum Gasteiger partial charge on any atom is 0.240 e. The minimum Gasteiger partial charge on any atom is -0.377 e. The summed E-state index contributed by atoms with van der Waals surface area (Å²) in [5, 5.41) is 0.473. The van der Waals surface area contributed by atoms with Gasteiger partial charge in [0.15, 0.2) is 0 Å². The van der Waals surface area contributed by atoms with E-state index in [2.05, 4.69) is 4.72 Å². The SMILES string of the molecule is NCc1cc(S(=O)(=O)NCCOC2CCCC2)ccc1Cl. The first kappa shape index (κ1) is 16.7. The Kier molecular flexibility index (Phi) is 6.01. The van der Waals surface area contributed by atoms with Crippen molar-refractivity contribution < 1.29 is 13.2 Å². The number of nitrogens with one attached hydrogen (secondary N) is 1. The fraction of sp³-hybridized carbons (Fsp3) is 0.571. The lowest BCUT2D eigenvalue weighted by atomic mass is 10.2. The van der Waals surface area contributed by atoms with Crippen LogP contribution in [0, 0.1) is 0 Å². The summed E-state index contributed by atoms with van der Waals surface area (Å²) in [4.78, 5) is 0.174. The molecule has 21 heavy (non-hydrogen) atoms. The smallest absolute Gasteiger partial charge is 0.240 e. The lowest BCUT2D eigenvalue weighted by molar-refractivity contribution is 0.0626. The van der Waals surface area contributed by atoms with Gasteiger partial charge in [-0.1, -0.05) is 24.4 Å². The highest BCUT2D eigenvalue weighted by molar-refractivity contribution is 7.89. The lowest BCUT2D eigenvalue weighted by Crippen LogP contribution is -2.28. The van der Waals surface area contributed by atoms with Gasteiger partial charge < -0.3 is 10.5 Å². The molecule has 0 spiro atoms. The summed E-state index contributed by atoms with van der Waals surface area (Å²) in [5.41, 5.74) is 6.15. The number of nitrogens with two attached hydrogens (primary N) is 1. The molecule has 5 nitrogen and oxygen atoms in total. The van der Waals surface area contributed by atoms with Gasteiger partial charge in [-0.15, -0.1) is 0 Å². The second-order valence-corrected chi connectivity index (χ2v) is 7.31. The first-order chi connectivity index (χ1) is 10.0. The van der Waals surface area contributed by atoms with E-state index in [1.807, 2.05) is 0 Å². The quantitative estimate of drug-likeness (QED) is 0.749. The topological polar surface area (TPSA) is 81.4 Å². The van der Waals surface area contributed by atoms with Crippen LogP contribution in [0.15, 0.2) is 23.1 Å². The zero-order chi connectivity index (χ0) is 15.3. The van der Waals surface area contributed by atoms with Gasteiger partial charge in [0, 0.05) is 18.1 Å². The third-order valence-corrected chi connectivity index (χ3v) is 5.42. The van der Waals surface area contributed by atoms with Crippen molar-refractivity contribution in [2.75, 3.05) is 13.2 Å². The van der Waals surface area contributed by atoms with E-state index < -0.39 is 10.0 Å². The molecule has 0 aromatic heterocycles. The fourth-order valence-corrected chi connectivity index (χ4v) is 3.67. The Morgan fingerprint density at radius 1 is 1.33 bits per heavy atom. The molecule has 1 aliphatic carbocycles. The Bertz CT molecular complexity index is 572. The minimum atomic E-state index is -3.55. The van der Waals surface area contributed by atoms with Crippen LogP contribution in [0.1, 0.15) is 31.2 Å². The zero-order valence-electron chi connectivity index (χ0n) is 11.8. The molecular formula is C14H21ClN2O3S. The van der Waals surface area contributed by atoms with Gasteiger partial charge in [-0.3, -0.25) is 0 Å². The standard InChI is InChI=1S/C14H21ClN2O3S/c15-14-6-5-13(9-11(14)10-16)21(18,19)17-7-8-20-12-3-1-2-4-12/h5-6,9,12,17H,1-4,7-8,10,16H2. The summed E-state index contributed by atoms with van der Waals surface area (Å²) in [7, 11) is -3.55. The Morgan fingerprint density at radius 3 is 2.71 bits per heavy atom. The molecule has 1 saturated carbocycles. The van der Waals surface area contributed by atoms with Crippen molar-refractivity contribution in [3.63, 3.8) is 0 Å². The van der Waals surface area contributed by atoms with E-state index >= 15 is 0 Å². The maximum absolute atomic E-state index is 12.2. The van der Waals surface area contributed by atoms with Crippen LogP contribution in [0.5, 0.6) is 0 Å². The molecule has 0 unspecified atom stereocenters. The third kappa shape index (κ3) is 4.66. The largest absolute Gasteiger partial charge is 0.377 e. The summed E-state index contributed by atoms with van der Waals surface area (Å²) < 4.78 is 32.5. The highest BCUT2D eigenvalue weighted by atomic mass is 35.5. The second-order valence-electron chi connectivity index (χ2n) is 5.13. The molecule has 0 radical (unpaired) electrons. The monoisotopic (exact) mass is 332 g/mol. The van der Waals surface area contributed by atoms with Crippen LogP contribution in [-0.2, 0) is 21.3 Å². The maximum atomic E-state index is 12.2. The molecule has 7 heteroatoms. The third-order valence-electron chi connectivity index (χ3n) is 3.60. The van der Waals surface area contributed by atoms with Crippen molar-refractivity contribution in [1.82, 2.24) is 4.72 Å². The number of rotatable bonds is 7. The van der Waals surface area contributed by atoms with E-state index in [4.69, 9.17) is 22.1 Å². The van der Waals surface area contributed by atoms with Gasteiger partial charge in [0.2, 0.25) is 10.0 Å². The van der Waals surface area contributed by atoms with Crippen molar-refractivity contribution in [1.29, 1.82) is 0 Å². The molecule has 0 atom stereocenters. The molecule has 2 rings (SSSR count). The number of ether oxygens (including phenoxy) is 1. The minimum absolute atomic E-state index is 0.174. The van der Waals surface area contributed by atoms with Crippen molar-refractivity contribution in [3.8, 4) is 0 Å². The molecule has 0 bridgehead atoms. The second kappa shape index (κ2) is 7.56. The molecule has 1 aromatic carbocycles. The zero-order valence-corrected chi connectivity index (χ0v) is 13.4. The van der Waals surface area contributed by atoms with Gasteiger partial charge in [-0.2, -0.15) is 0 Å². The first-order valence-corrected chi connectivity index (χ1v) is 8.99. The van der Waals surface area contributed by atoms with Gasteiger partial charge in [0.05, 0.1) is 17.6 Å². The summed E-state index contributed by atoms with van der Waals surface area (Å²) in [6.07, 6.45) is 4.83. The van der Waals surface area contributed by atoms with Gasteiger partial charge >= 0.3 is 0 Å². The lowest BCUT2D eigenvalue weighted by Gasteiger charge is -2.12. The predicted octanol–water partition coefficient (Wildman–Crippen LogP) is 2.04. The number of hydrogen-bond donors (Lipinski definition) is 2. The van der Waals surface area contributed by atoms with Gasteiger partial charge in [-0.25, -0.2) is 13.1 Å². The van der Waals surface area contributed by atoms with Crippen molar-refractivity contribution >= 4 is 21.6 Å². The number of sulfonamides is 1. The number of hydrogen-bond acceptors (Lipinski definition) is 4. The molecule has 0 heterocycles. The van der Waals surface area contributed by atoms with E-state index in [1.165, 1.54) is 25.0 Å². The van der Waals surface area contributed by atoms with Crippen molar-refractivity contribution in [2.45, 2.75) is 43.2 Å². The van der Waals surface area contributed by atoms with Crippen LogP contribution >= 0.6 is 11.6 Å². The van der Waals surface area contributed by atoms with Gasteiger partial charge in [-0.05, 0) is 36.6 Å². The predicted molar refractivity (Wildman–Crippen MR) is 82.7 cm³/mol. The molecular weight excluding hydrogens is 312 g/mol. The Labute approximate surface area is 130 Å². The van der Waals surface area contributed by atoms with E-state index in [9.17, 15) is 8.42 Å². The number of benzene rings is 1. The van der Waals surface area contributed by atoms with Gasteiger partial charge in [0.25, 0.3) is 0 Å². The molecule has 0 aliphatic heterocycles. The summed E-state index contributed by atoms with van der Waals surface area (Å²) in [6.45, 7) is 0.855. The van der Waals surface area contributed by atoms with Crippen LogP contribution < -0.4 is 10.5 Å². The number of halogens is 1. The normalized spacial score (nSPS) is 16.5. The highest BCUT2D eigenvalue weighted by Crippen LogP contribution is 2.21. The fourth-order valence-electron chi connectivity index (χ4n) is 2.41. The Hall–Kier alpha value is -0.660. The van der Waals surface area contributed by atoms with E-state index in [0.717, 1.165) is 12.8 Å². The molecule has 1 aromatic rings. The van der Waals surface area contributed by atoms with Crippen molar-refractivity contribution in [3.05, 3.63) is 28.8 Å². The Balaban J connectivity index is 1.88. The van der Waals surface area contributed by atoms with Crippen LogP contribution in [0.4, 0.5) is 0 Å².